The van der Waals surface area contributed by atoms with Crippen molar-refractivity contribution in [1.29, 1.82) is 0 Å². The topological polar surface area (TPSA) is 60.2 Å². The minimum absolute atomic E-state index is 0.188. The maximum atomic E-state index is 13.1. The number of quaternary nitrogens is 2. The van der Waals surface area contributed by atoms with Crippen LogP contribution in [0, 0.1) is 13.8 Å². The molecule has 0 radical (unpaired) electrons. The number of H-pyrrole nitrogens is 1. The van der Waals surface area contributed by atoms with Gasteiger partial charge in [0.2, 0.25) is 6.79 Å². The average Bonchev–Trinajstić information content (AvgIpc) is 3.21. The van der Waals surface area contributed by atoms with Crippen LogP contribution in [0.15, 0.2) is 41.2 Å². The molecule has 156 valence electrons. The summed E-state index contributed by atoms with van der Waals surface area (Å²) in [7, 11) is 0. The molecule has 0 unspecified atom stereocenters. The van der Waals surface area contributed by atoms with Gasteiger partial charge in [0.1, 0.15) is 39.3 Å². The average molecular weight is 408 g/mol. The van der Waals surface area contributed by atoms with Gasteiger partial charge >= 0.3 is 0 Å². The second-order valence-electron chi connectivity index (χ2n) is 8.65. The van der Waals surface area contributed by atoms with E-state index in [1.165, 1.54) is 10.5 Å². The number of aromatic nitrogens is 1. The van der Waals surface area contributed by atoms with Gasteiger partial charge in [0, 0.05) is 22.2 Å². The predicted octanol–water partition coefficient (Wildman–Crippen LogP) is 0.357. The van der Waals surface area contributed by atoms with E-state index in [4.69, 9.17) is 9.47 Å². The third kappa shape index (κ3) is 3.68. The normalized spacial score (nSPS) is 20.6. The molecule has 30 heavy (non-hydrogen) atoms. The summed E-state index contributed by atoms with van der Waals surface area (Å²) in [6.45, 7) is 10.5. The predicted molar refractivity (Wildman–Crippen MR) is 115 cm³/mol. The molecule has 0 spiro atoms. The Bertz CT molecular complexity index is 1150. The molecule has 3 aromatic rings. The molecule has 0 atom stereocenters. The molecule has 0 aliphatic carbocycles. The lowest BCUT2D eigenvalue weighted by Gasteiger charge is -2.30. The highest BCUT2D eigenvalue weighted by atomic mass is 16.7. The number of hydrogen-bond acceptors (Lipinski definition) is 3. The fourth-order valence-corrected chi connectivity index (χ4v) is 4.68. The van der Waals surface area contributed by atoms with Gasteiger partial charge in [-0.1, -0.05) is 11.6 Å². The number of nitrogens with one attached hydrogen (secondary N) is 3. The number of hydrogen-bond donors (Lipinski definition) is 3. The second-order valence-corrected chi connectivity index (χ2v) is 8.65. The molecule has 6 heteroatoms. The van der Waals surface area contributed by atoms with Crippen LogP contribution in [-0.4, -0.2) is 38.0 Å². The number of benzene rings is 2. The molecule has 0 bridgehead atoms. The van der Waals surface area contributed by atoms with Crippen molar-refractivity contribution >= 4 is 10.9 Å². The summed E-state index contributed by atoms with van der Waals surface area (Å²) in [5.74, 6) is 1.70. The number of pyridine rings is 1. The van der Waals surface area contributed by atoms with Crippen LogP contribution in [0.25, 0.3) is 10.9 Å². The summed E-state index contributed by atoms with van der Waals surface area (Å²) in [6, 6.07) is 12.3. The smallest absolute Gasteiger partial charge is 0.231 e. The SMILES string of the molecule is Cc1ccc2[nH]c(C)c(C[NH+]3CC[NH+](Cc4ccc5c(c4)OCO5)CC3)c(=O)c2c1. The Balaban J connectivity index is 1.25. The Morgan fingerprint density at radius 2 is 1.63 bits per heavy atom. The fourth-order valence-electron chi connectivity index (χ4n) is 4.68. The Hall–Kier alpha value is -2.83. The first kappa shape index (κ1) is 19.2. The Morgan fingerprint density at radius 3 is 2.43 bits per heavy atom. The maximum absolute atomic E-state index is 13.1. The van der Waals surface area contributed by atoms with E-state index >= 15 is 0 Å². The Labute approximate surface area is 176 Å². The minimum Gasteiger partial charge on any atom is -0.454 e. The van der Waals surface area contributed by atoms with Gasteiger partial charge in [-0.25, -0.2) is 0 Å². The summed E-state index contributed by atoms with van der Waals surface area (Å²) in [5, 5.41) is 0.807. The first-order valence-corrected chi connectivity index (χ1v) is 10.7. The molecule has 3 heterocycles. The van der Waals surface area contributed by atoms with Gasteiger partial charge in [0.25, 0.3) is 0 Å². The first-order valence-electron chi connectivity index (χ1n) is 10.7. The zero-order valence-electron chi connectivity index (χ0n) is 17.6. The van der Waals surface area contributed by atoms with E-state index in [0.29, 0.717) is 6.79 Å². The maximum Gasteiger partial charge on any atom is 0.231 e. The molecule has 0 saturated carbocycles. The van der Waals surface area contributed by atoms with Crippen LogP contribution in [-0.2, 0) is 13.1 Å². The van der Waals surface area contributed by atoms with Crippen LogP contribution in [0.2, 0.25) is 0 Å². The fraction of sp³-hybridized carbons (Fsp3) is 0.375. The summed E-state index contributed by atoms with van der Waals surface area (Å²) in [5.41, 5.74) is 5.46. The van der Waals surface area contributed by atoms with E-state index in [-0.39, 0.29) is 5.43 Å². The van der Waals surface area contributed by atoms with Crippen molar-refractivity contribution in [1.82, 2.24) is 4.98 Å². The van der Waals surface area contributed by atoms with Gasteiger partial charge in [0.15, 0.2) is 16.9 Å². The second kappa shape index (κ2) is 7.78. The lowest BCUT2D eigenvalue weighted by atomic mass is 10.1. The Morgan fingerprint density at radius 1 is 0.900 bits per heavy atom. The molecule has 1 saturated heterocycles. The number of fused-ring (bicyclic) bond motifs is 2. The van der Waals surface area contributed by atoms with E-state index < -0.39 is 0 Å². The van der Waals surface area contributed by atoms with Crippen LogP contribution in [0.1, 0.15) is 22.4 Å². The van der Waals surface area contributed by atoms with E-state index in [9.17, 15) is 4.79 Å². The summed E-state index contributed by atoms with van der Waals surface area (Å²) in [4.78, 5) is 19.6. The van der Waals surface area contributed by atoms with Crippen molar-refractivity contribution in [2.24, 2.45) is 0 Å². The molecular weight excluding hydrogens is 378 g/mol. The largest absolute Gasteiger partial charge is 0.454 e. The van der Waals surface area contributed by atoms with Gasteiger partial charge in [0.05, 0.1) is 5.56 Å². The summed E-state index contributed by atoms with van der Waals surface area (Å²) >= 11 is 0. The molecule has 2 aliphatic heterocycles. The lowest BCUT2D eigenvalue weighted by Crippen LogP contribution is -3.27. The molecule has 1 aromatic heterocycles. The summed E-state index contributed by atoms with van der Waals surface area (Å²) in [6.07, 6.45) is 0. The quantitative estimate of drug-likeness (QED) is 0.585. The van der Waals surface area contributed by atoms with Crippen molar-refractivity contribution < 1.29 is 19.3 Å². The van der Waals surface area contributed by atoms with Crippen LogP contribution in [0.4, 0.5) is 0 Å². The van der Waals surface area contributed by atoms with Crippen LogP contribution < -0.4 is 24.7 Å². The number of aryl methyl sites for hydroxylation is 2. The molecule has 1 fully saturated rings. The minimum atomic E-state index is 0.188. The lowest BCUT2D eigenvalue weighted by molar-refractivity contribution is -1.02. The van der Waals surface area contributed by atoms with Crippen molar-refractivity contribution in [2.75, 3.05) is 33.0 Å². The van der Waals surface area contributed by atoms with Crippen LogP contribution in [0.5, 0.6) is 11.5 Å². The third-order valence-electron chi connectivity index (χ3n) is 6.45. The van der Waals surface area contributed by atoms with Gasteiger partial charge in [-0.15, -0.1) is 0 Å². The van der Waals surface area contributed by atoms with E-state index in [2.05, 4.69) is 17.1 Å². The molecule has 2 aliphatic rings. The monoisotopic (exact) mass is 407 g/mol. The van der Waals surface area contributed by atoms with Crippen LogP contribution >= 0.6 is 0 Å². The zero-order valence-corrected chi connectivity index (χ0v) is 17.6. The van der Waals surface area contributed by atoms with Crippen molar-refractivity contribution in [3.8, 4) is 11.5 Å². The molecule has 0 amide bonds. The number of aromatic amines is 1. The number of piperazine rings is 1. The van der Waals surface area contributed by atoms with Gasteiger partial charge in [-0.05, 0) is 44.2 Å². The number of ether oxygens (including phenoxy) is 2. The van der Waals surface area contributed by atoms with Gasteiger partial charge < -0.3 is 24.3 Å². The Kier molecular flexibility index (Phi) is 4.97. The van der Waals surface area contributed by atoms with E-state index in [1.807, 2.05) is 38.1 Å². The first-order chi connectivity index (χ1) is 14.6. The highest BCUT2D eigenvalue weighted by Crippen LogP contribution is 2.32. The summed E-state index contributed by atoms with van der Waals surface area (Å²) < 4.78 is 10.9. The van der Waals surface area contributed by atoms with Crippen molar-refractivity contribution in [2.45, 2.75) is 26.9 Å². The highest BCUT2D eigenvalue weighted by molar-refractivity contribution is 5.80. The van der Waals surface area contributed by atoms with Crippen molar-refractivity contribution in [3.63, 3.8) is 0 Å². The molecule has 3 N–H and O–H groups in total. The zero-order chi connectivity index (χ0) is 20.7. The standard InChI is InChI=1S/C24H27N3O3/c1-16-3-5-21-19(11-16)24(28)20(17(2)25-21)14-27-9-7-26(8-10-27)13-18-4-6-22-23(12-18)30-15-29-22/h3-6,11-12H,7-10,13-15H2,1-2H3,(H,25,28)/p+2. The molecule has 5 rings (SSSR count). The van der Waals surface area contributed by atoms with Crippen molar-refractivity contribution in [3.05, 3.63) is 69.0 Å². The van der Waals surface area contributed by atoms with E-state index in [1.54, 1.807) is 4.90 Å². The van der Waals surface area contributed by atoms with Gasteiger partial charge in [-0.3, -0.25) is 4.79 Å². The highest BCUT2D eigenvalue weighted by Gasteiger charge is 2.25. The molecular formula is C24H29N3O3+2. The van der Waals surface area contributed by atoms with Crippen LogP contribution in [0.3, 0.4) is 0 Å². The number of rotatable bonds is 4. The third-order valence-corrected chi connectivity index (χ3v) is 6.45. The van der Waals surface area contributed by atoms with E-state index in [0.717, 1.165) is 78.5 Å². The van der Waals surface area contributed by atoms with Gasteiger partial charge in [-0.2, -0.15) is 0 Å². The molecule has 2 aromatic carbocycles. The molecule has 6 nitrogen and oxygen atoms in total.